The normalized spacial score (nSPS) is 16.7. The molecule has 0 atom stereocenters. The fraction of sp³-hybridized carbons (Fsp3) is 0.538. The van der Waals surface area contributed by atoms with Crippen LogP contribution in [0.4, 0.5) is 11.4 Å². The van der Waals surface area contributed by atoms with Crippen LogP contribution in [0.1, 0.15) is 37.7 Å². The molecular weight excluding hydrogens is 248 g/mol. The Hall–Kier alpha value is -1.23. The highest BCUT2D eigenvalue weighted by Crippen LogP contribution is 2.32. The van der Waals surface area contributed by atoms with Crippen LogP contribution >= 0.6 is 11.8 Å². The molecule has 1 fully saturated rings. The number of anilines is 1. The summed E-state index contributed by atoms with van der Waals surface area (Å²) in [4.78, 5) is 10.4. The molecule has 0 bridgehead atoms. The molecule has 2 N–H and O–H groups in total. The van der Waals surface area contributed by atoms with Crippen molar-refractivity contribution in [2.75, 3.05) is 5.73 Å². The SMILES string of the molecule is Nc1ccc([N+](=O)[O-])cc1CSC1CCCCC1. The Balaban J connectivity index is 1.99. The van der Waals surface area contributed by atoms with Gasteiger partial charge in [0.2, 0.25) is 0 Å². The van der Waals surface area contributed by atoms with E-state index in [4.69, 9.17) is 5.73 Å². The first-order valence-corrected chi connectivity index (χ1v) is 7.36. The van der Waals surface area contributed by atoms with Crippen LogP contribution in [0, 0.1) is 10.1 Å². The monoisotopic (exact) mass is 266 g/mol. The third-order valence-electron chi connectivity index (χ3n) is 3.36. The van der Waals surface area contributed by atoms with Gasteiger partial charge in [-0.1, -0.05) is 19.3 Å². The number of hydrogen-bond donors (Lipinski definition) is 1. The van der Waals surface area contributed by atoms with Gasteiger partial charge in [-0.15, -0.1) is 0 Å². The highest BCUT2D eigenvalue weighted by Gasteiger charge is 2.15. The van der Waals surface area contributed by atoms with Gasteiger partial charge in [0.1, 0.15) is 0 Å². The summed E-state index contributed by atoms with van der Waals surface area (Å²) in [5.41, 5.74) is 7.54. The van der Waals surface area contributed by atoms with Crippen LogP contribution in [-0.4, -0.2) is 10.2 Å². The molecule has 5 heteroatoms. The molecule has 0 aliphatic heterocycles. The number of nitrogens with two attached hydrogens (primary N) is 1. The van der Waals surface area contributed by atoms with Crippen molar-refractivity contribution in [3.63, 3.8) is 0 Å². The molecule has 4 nitrogen and oxygen atoms in total. The van der Waals surface area contributed by atoms with Crippen LogP contribution in [-0.2, 0) is 5.75 Å². The molecule has 1 aromatic carbocycles. The summed E-state index contributed by atoms with van der Waals surface area (Å²) in [7, 11) is 0. The molecular formula is C13H18N2O2S. The van der Waals surface area contributed by atoms with Crippen molar-refractivity contribution in [3.8, 4) is 0 Å². The van der Waals surface area contributed by atoms with E-state index < -0.39 is 0 Å². The zero-order valence-corrected chi connectivity index (χ0v) is 11.1. The number of nitro groups is 1. The Labute approximate surface area is 111 Å². The lowest BCUT2D eigenvalue weighted by Crippen LogP contribution is -2.08. The second-order valence-corrected chi connectivity index (χ2v) is 6.00. The van der Waals surface area contributed by atoms with E-state index >= 15 is 0 Å². The Kier molecular flexibility index (Phi) is 4.47. The lowest BCUT2D eigenvalue weighted by molar-refractivity contribution is -0.384. The molecule has 0 amide bonds. The van der Waals surface area contributed by atoms with E-state index in [9.17, 15) is 10.1 Å². The van der Waals surface area contributed by atoms with Crippen molar-refractivity contribution < 1.29 is 4.92 Å². The van der Waals surface area contributed by atoms with Crippen molar-refractivity contribution in [3.05, 3.63) is 33.9 Å². The minimum atomic E-state index is -0.367. The largest absolute Gasteiger partial charge is 0.398 e. The summed E-state index contributed by atoms with van der Waals surface area (Å²) < 4.78 is 0. The maximum Gasteiger partial charge on any atom is 0.269 e. The van der Waals surface area contributed by atoms with Crippen LogP contribution in [0.5, 0.6) is 0 Å². The molecule has 0 radical (unpaired) electrons. The number of thioether (sulfide) groups is 1. The molecule has 0 unspecified atom stereocenters. The van der Waals surface area contributed by atoms with Crippen LogP contribution in [0.3, 0.4) is 0 Å². The highest BCUT2D eigenvalue weighted by molar-refractivity contribution is 7.99. The van der Waals surface area contributed by atoms with Crippen LogP contribution in [0.25, 0.3) is 0 Å². The van der Waals surface area contributed by atoms with Crippen molar-refractivity contribution in [2.24, 2.45) is 0 Å². The van der Waals surface area contributed by atoms with Gasteiger partial charge in [-0.05, 0) is 24.5 Å². The third-order valence-corrected chi connectivity index (χ3v) is 4.78. The fourth-order valence-electron chi connectivity index (χ4n) is 2.27. The minimum absolute atomic E-state index is 0.128. The molecule has 0 aromatic heterocycles. The molecule has 18 heavy (non-hydrogen) atoms. The number of non-ortho nitro benzene ring substituents is 1. The van der Waals surface area contributed by atoms with Gasteiger partial charge >= 0.3 is 0 Å². The summed E-state index contributed by atoms with van der Waals surface area (Å²) in [6.45, 7) is 0. The van der Waals surface area contributed by atoms with Crippen molar-refractivity contribution in [2.45, 2.75) is 43.1 Å². The van der Waals surface area contributed by atoms with E-state index in [-0.39, 0.29) is 10.6 Å². The maximum absolute atomic E-state index is 10.7. The molecule has 98 valence electrons. The van der Waals surface area contributed by atoms with Crippen molar-refractivity contribution in [1.29, 1.82) is 0 Å². The Morgan fingerprint density at radius 2 is 2.06 bits per heavy atom. The molecule has 0 heterocycles. The predicted molar refractivity (Wildman–Crippen MR) is 75.7 cm³/mol. The van der Waals surface area contributed by atoms with E-state index in [1.807, 2.05) is 11.8 Å². The summed E-state index contributed by atoms with van der Waals surface area (Å²) >= 11 is 1.88. The molecule has 1 saturated carbocycles. The molecule has 1 aliphatic rings. The molecule has 0 saturated heterocycles. The van der Waals surface area contributed by atoms with Crippen LogP contribution in [0.2, 0.25) is 0 Å². The third kappa shape index (κ3) is 3.38. The molecule has 2 rings (SSSR count). The van der Waals surface area contributed by atoms with Gasteiger partial charge in [0, 0.05) is 28.8 Å². The van der Waals surface area contributed by atoms with Gasteiger partial charge in [0.25, 0.3) is 5.69 Å². The quantitative estimate of drug-likeness (QED) is 0.512. The summed E-state index contributed by atoms with van der Waals surface area (Å²) in [6.07, 6.45) is 6.49. The fourth-order valence-corrected chi connectivity index (χ4v) is 3.60. The van der Waals surface area contributed by atoms with E-state index in [0.717, 1.165) is 11.3 Å². The van der Waals surface area contributed by atoms with Crippen molar-refractivity contribution in [1.82, 2.24) is 0 Å². The Morgan fingerprint density at radius 3 is 2.72 bits per heavy atom. The maximum atomic E-state index is 10.7. The van der Waals surface area contributed by atoms with Crippen LogP contribution in [0.15, 0.2) is 18.2 Å². The van der Waals surface area contributed by atoms with Crippen molar-refractivity contribution >= 4 is 23.1 Å². The summed E-state index contributed by atoms with van der Waals surface area (Å²) in [5.74, 6) is 0.776. The predicted octanol–water partition coefficient (Wildman–Crippen LogP) is 3.74. The standard InChI is InChI=1S/C13H18N2O2S/c14-13-7-6-11(15(16)17)8-10(13)9-18-12-4-2-1-3-5-12/h6-8,12H,1-5,9,14H2. The average Bonchev–Trinajstić information content (AvgIpc) is 2.38. The first kappa shape index (κ1) is 13.2. The summed E-state index contributed by atoms with van der Waals surface area (Å²) in [5, 5.41) is 11.4. The zero-order chi connectivity index (χ0) is 13.0. The number of rotatable bonds is 4. The second kappa shape index (κ2) is 6.09. The number of nitrogen functional groups attached to an aromatic ring is 1. The first-order valence-electron chi connectivity index (χ1n) is 6.31. The average molecular weight is 266 g/mol. The number of nitro benzene ring substituents is 1. The van der Waals surface area contributed by atoms with E-state index in [1.165, 1.54) is 38.2 Å². The number of nitrogens with zero attached hydrogens (tertiary/aromatic N) is 1. The van der Waals surface area contributed by atoms with Gasteiger partial charge in [0.15, 0.2) is 0 Å². The van der Waals surface area contributed by atoms with E-state index in [2.05, 4.69) is 0 Å². The Morgan fingerprint density at radius 1 is 1.33 bits per heavy atom. The number of benzene rings is 1. The zero-order valence-electron chi connectivity index (χ0n) is 10.3. The topological polar surface area (TPSA) is 69.2 Å². The smallest absolute Gasteiger partial charge is 0.269 e. The first-order chi connectivity index (χ1) is 8.66. The van der Waals surface area contributed by atoms with E-state index in [1.54, 1.807) is 12.1 Å². The molecule has 1 aliphatic carbocycles. The lowest BCUT2D eigenvalue weighted by Gasteiger charge is -2.21. The minimum Gasteiger partial charge on any atom is -0.398 e. The molecule has 0 spiro atoms. The molecule has 1 aromatic rings. The van der Waals surface area contributed by atoms with Gasteiger partial charge < -0.3 is 5.73 Å². The van der Waals surface area contributed by atoms with E-state index in [0.29, 0.717) is 10.9 Å². The van der Waals surface area contributed by atoms with Gasteiger partial charge in [-0.25, -0.2) is 0 Å². The second-order valence-electron chi connectivity index (χ2n) is 4.71. The lowest BCUT2D eigenvalue weighted by atomic mass is 10.0. The van der Waals surface area contributed by atoms with Gasteiger partial charge in [-0.2, -0.15) is 11.8 Å². The van der Waals surface area contributed by atoms with Gasteiger partial charge in [0.05, 0.1) is 4.92 Å². The highest BCUT2D eigenvalue weighted by atomic mass is 32.2. The number of hydrogen-bond acceptors (Lipinski definition) is 4. The summed E-state index contributed by atoms with van der Waals surface area (Å²) in [6, 6.07) is 4.70. The van der Waals surface area contributed by atoms with Crippen LogP contribution < -0.4 is 5.73 Å². The Bertz CT molecular complexity index is 431. The van der Waals surface area contributed by atoms with Gasteiger partial charge in [-0.3, -0.25) is 10.1 Å².